The van der Waals surface area contributed by atoms with E-state index in [1.54, 1.807) is 35.9 Å². The first-order valence-electron chi connectivity index (χ1n) is 12.1. The zero-order chi connectivity index (χ0) is 29.5. The number of anilines is 1. The number of nitrogens with one attached hydrogen (secondary N) is 1. The molecule has 0 saturated carbocycles. The van der Waals surface area contributed by atoms with Gasteiger partial charge < -0.3 is 20.2 Å². The first-order chi connectivity index (χ1) is 19.5. The Balaban J connectivity index is 1.54. The molecule has 4 heterocycles. The lowest BCUT2D eigenvalue weighted by Crippen LogP contribution is -2.16. The number of alkyl halides is 3. The van der Waals surface area contributed by atoms with Gasteiger partial charge in [-0.15, -0.1) is 11.3 Å². The lowest BCUT2D eigenvalue weighted by molar-refractivity contribution is -0.140. The minimum Gasteiger partial charge on any atom is -0.486 e. The SMILES string of the molecule is CCn1ncc(-c2cc(C(F)(F)F)nc3sc(C(N)=O)c(NC(=O)c4ccc(COc5cccc(Cl)c5)o4)c23)c1C. The van der Waals surface area contributed by atoms with Gasteiger partial charge >= 0.3 is 6.18 Å². The Morgan fingerprint density at radius 3 is 2.63 bits per heavy atom. The number of primary amides is 1. The van der Waals surface area contributed by atoms with Gasteiger partial charge in [0.25, 0.3) is 11.8 Å². The van der Waals surface area contributed by atoms with E-state index in [-0.39, 0.29) is 38.7 Å². The smallest absolute Gasteiger partial charge is 0.433 e. The highest BCUT2D eigenvalue weighted by atomic mass is 35.5. The summed E-state index contributed by atoms with van der Waals surface area (Å²) < 4.78 is 54.3. The molecule has 0 aliphatic heterocycles. The Bertz CT molecular complexity index is 1790. The minimum atomic E-state index is -4.77. The molecule has 0 unspecified atom stereocenters. The van der Waals surface area contributed by atoms with Crippen molar-refractivity contribution in [2.45, 2.75) is 33.2 Å². The third-order valence-electron chi connectivity index (χ3n) is 6.17. The van der Waals surface area contributed by atoms with E-state index in [2.05, 4.69) is 15.4 Å². The lowest BCUT2D eigenvalue weighted by Gasteiger charge is -2.12. The van der Waals surface area contributed by atoms with E-state index in [9.17, 15) is 22.8 Å². The summed E-state index contributed by atoms with van der Waals surface area (Å²) in [7, 11) is 0. The van der Waals surface area contributed by atoms with E-state index in [1.165, 1.54) is 18.3 Å². The van der Waals surface area contributed by atoms with E-state index >= 15 is 0 Å². The number of thiophene rings is 1. The maximum Gasteiger partial charge on any atom is 0.433 e. The van der Waals surface area contributed by atoms with E-state index in [0.29, 0.717) is 45.7 Å². The molecule has 3 N–H and O–H groups in total. The van der Waals surface area contributed by atoms with Gasteiger partial charge in [0.15, 0.2) is 5.76 Å². The standard InChI is InChI=1S/C27H21ClF3N5O4S/c1-3-36-13(2)18(11-33-36)17-10-20(27(29,30)31)34-26-21(17)22(23(41-26)24(32)37)35-25(38)19-8-7-16(40-19)12-39-15-6-4-5-14(28)9-15/h4-11H,3,12H2,1-2H3,(H2,32,37)(H,35,38). The number of nitrogens with zero attached hydrogens (tertiary/aromatic N) is 3. The fourth-order valence-corrected chi connectivity index (χ4v) is 5.43. The molecule has 1 aromatic carbocycles. The molecule has 0 atom stereocenters. The number of amides is 2. The number of fused-ring (bicyclic) bond motifs is 1. The number of halogens is 4. The summed E-state index contributed by atoms with van der Waals surface area (Å²) in [5.41, 5.74) is 5.41. The second kappa shape index (κ2) is 10.9. The van der Waals surface area contributed by atoms with E-state index in [4.69, 9.17) is 26.5 Å². The lowest BCUT2D eigenvalue weighted by atomic mass is 10.0. The summed E-state index contributed by atoms with van der Waals surface area (Å²) >= 11 is 6.61. The molecule has 41 heavy (non-hydrogen) atoms. The van der Waals surface area contributed by atoms with Gasteiger partial charge in [0.2, 0.25) is 0 Å². The fraction of sp³-hybridized carbons (Fsp3) is 0.185. The average Bonchev–Trinajstić information content (AvgIpc) is 3.64. The van der Waals surface area contributed by atoms with E-state index in [0.717, 1.165) is 6.07 Å². The van der Waals surface area contributed by atoms with Crippen molar-refractivity contribution < 1.29 is 31.9 Å². The predicted molar refractivity (Wildman–Crippen MR) is 147 cm³/mol. The Labute approximate surface area is 239 Å². The molecule has 0 spiro atoms. The van der Waals surface area contributed by atoms with Crippen LogP contribution in [0.15, 0.2) is 53.1 Å². The van der Waals surface area contributed by atoms with Crippen LogP contribution >= 0.6 is 22.9 Å². The number of ether oxygens (including phenoxy) is 1. The molecule has 0 fully saturated rings. The monoisotopic (exact) mass is 603 g/mol. The van der Waals surface area contributed by atoms with Gasteiger partial charge in [0, 0.05) is 28.2 Å². The molecule has 0 saturated heterocycles. The molecule has 0 bridgehead atoms. The highest BCUT2D eigenvalue weighted by Crippen LogP contribution is 2.44. The number of furan rings is 1. The number of nitrogens with two attached hydrogens (primary N) is 1. The number of carbonyl (C=O) groups is 2. The fourth-order valence-electron chi connectivity index (χ4n) is 4.24. The summed E-state index contributed by atoms with van der Waals surface area (Å²) in [5.74, 6) is -1.01. The molecule has 0 aliphatic rings. The number of pyridine rings is 1. The summed E-state index contributed by atoms with van der Waals surface area (Å²) in [4.78, 5) is 29.1. The second-order valence-corrected chi connectivity index (χ2v) is 10.3. The summed E-state index contributed by atoms with van der Waals surface area (Å²) in [6.07, 6.45) is -3.34. The largest absolute Gasteiger partial charge is 0.486 e. The van der Waals surface area contributed by atoms with Crippen molar-refractivity contribution in [3.8, 4) is 16.9 Å². The topological polar surface area (TPSA) is 125 Å². The van der Waals surface area contributed by atoms with Crippen LogP contribution in [0.2, 0.25) is 5.02 Å². The van der Waals surface area contributed by atoms with Crippen molar-refractivity contribution in [1.29, 1.82) is 0 Å². The number of aromatic nitrogens is 3. The van der Waals surface area contributed by atoms with Crippen LogP contribution in [0, 0.1) is 6.92 Å². The highest BCUT2D eigenvalue weighted by molar-refractivity contribution is 7.21. The molecular formula is C27H21ClF3N5O4S. The summed E-state index contributed by atoms with van der Waals surface area (Å²) in [6, 6.07) is 10.5. The first-order valence-corrected chi connectivity index (χ1v) is 13.3. The Kier molecular flexibility index (Phi) is 7.49. The number of benzene rings is 1. The van der Waals surface area contributed by atoms with Gasteiger partial charge in [-0.1, -0.05) is 17.7 Å². The maximum absolute atomic E-state index is 13.8. The quantitative estimate of drug-likeness (QED) is 0.204. The van der Waals surface area contributed by atoms with Crippen LogP contribution < -0.4 is 15.8 Å². The highest BCUT2D eigenvalue weighted by Gasteiger charge is 2.35. The van der Waals surface area contributed by atoms with Gasteiger partial charge in [-0.2, -0.15) is 18.3 Å². The number of hydrogen-bond donors (Lipinski definition) is 2. The molecule has 212 valence electrons. The Morgan fingerprint density at radius 2 is 1.98 bits per heavy atom. The Morgan fingerprint density at radius 1 is 1.20 bits per heavy atom. The third-order valence-corrected chi connectivity index (χ3v) is 7.50. The van der Waals surface area contributed by atoms with Crippen molar-refractivity contribution in [3.63, 3.8) is 0 Å². The van der Waals surface area contributed by atoms with E-state index in [1.807, 2.05) is 6.92 Å². The van der Waals surface area contributed by atoms with Crippen molar-refractivity contribution in [2.24, 2.45) is 5.73 Å². The zero-order valence-electron chi connectivity index (χ0n) is 21.5. The van der Waals surface area contributed by atoms with E-state index < -0.39 is 23.7 Å². The molecule has 0 aliphatic carbocycles. The van der Waals surface area contributed by atoms with Crippen LogP contribution in [-0.2, 0) is 19.3 Å². The molecule has 14 heteroatoms. The number of carbonyl (C=O) groups excluding carboxylic acids is 2. The van der Waals surface area contributed by atoms with Gasteiger partial charge in [0.1, 0.15) is 33.5 Å². The summed E-state index contributed by atoms with van der Waals surface area (Å²) in [5, 5.41) is 7.46. The van der Waals surface area contributed by atoms with Gasteiger partial charge in [-0.3, -0.25) is 14.3 Å². The molecular weight excluding hydrogens is 583 g/mol. The van der Waals surface area contributed by atoms with Crippen molar-refractivity contribution in [3.05, 3.63) is 81.5 Å². The van der Waals surface area contributed by atoms with Crippen molar-refractivity contribution in [1.82, 2.24) is 14.8 Å². The van der Waals surface area contributed by atoms with Gasteiger partial charge in [-0.05, 0) is 55.8 Å². The minimum absolute atomic E-state index is 0.00345. The van der Waals surface area contributed by atoms with Crippen LogP contribution in [0.25, 0.3) is 21.3 Å². The zero-order valence-corrected chi connectivity index (χ0v) is 23.1. The number of rotatable bonds is 8. The van der Waals surface area contributed by atoms with Crippen molar-refractivity contribution >= 4 is 50.7 Å². The van der Waals surface area contributed by atoms with Gasteiger partial charge in [0.05, 0.1) is 11.9 Å². The molecule has 5 rings (SSSR count). The molecule has 4 aromatic heterocycles. The van der Waals surface area contributed by atoms with Gasteiger partial charge in [-0.25, -0.2) is 4.98 Å². The molecule has 2 amide bonds. The summed E-state index contributed by atoms with van der Waals surface area (Å²) in [6.45, 7) is 4.03. The molecule has 5 aromatic rings. The van der Waals surface area contributed by atoms with Crippen LogP contribution in [0.5, 0.6) is 5.75 Å². The average molecular weight is 604 g/mol. The van der Waals surface area contributed by atoms with Crippen molar-refractivity contribution in [2.75, 3.05) is 5.32 Å². The van der Waals surface area contributed by atoms with Crippen LogP contribution in [0.3, 0.4) is 0 Å². The second-order valence-electron chi connectivity index (χ2n) is 8.83. The normalized spacial score (nSPS) is 11.7. The first kappa shape index (κ1) is 28.2. The number of hydrogen-bond acceptors (Lipinski definition) is 7. The predicted octanol–water partition coefficient (Wildman–Crippen LogP) is 6.68. The van der Waals surface area contributed by atoms with Crippen LogP contribution in [0.4, 0.5) is 18.9 Å². The molecule has 9 nitrogen and oxygen atoms in total. The molecule has 0 radical (unpaired) electrons. The van der Waals surface area contributed by atoms with Crippen LogP contribution in [-0.4, -0.2) is 26.6 Å². The number of aryl methyl sites for hydroxylation is 1. The maximum atomic E-state index is 13.8. The Hall–Kier alpha value is -4.36. The van der Waals surface area contributed by atoms with Crippen LogP contribution in [0.1, 0.15) is 44.3 Å². The third kappa shape index (κ3) is 5.63.